The zero-order valence-corrected chi connectivity index (χ0v) is 9.95. The summed E-state index contributed by atoms with van der Waals surface area (Å²) in [5.74, 6) is 0.0345. The molecule has 0 saturated carbocycles. The third kappa shape index (κ3) is 2.28. The normalized spacial score (nSPS) is 28.9. The lowest BCUT2D eigenvalue weighted by molar-refractivity contribution is -0.123. The van der Waals surface area contributed by atoms with Gasteiger partial charge in [0.1, 0.15) is 5.60 Å². The van der Waals surface area contributed by atoms with Crippen LogP contribution in [0.2, 0.25) is 0 Å². The first-order chi connectivity index (χ1) is 7.35. The van der Waals surface area contributed by atoms with E-state index in [1.165, 1.54) is 0 Å². The third-order valence-corrected chi connectivity index (χ3v) is 2.83. The lowest BCUT2D eigenvalue weighted by atomic mass is 10.0. The zero-order chi connectivity index (χ0) is 11.9. The van der Waals surface area contributed by atoms with E-state index in [4.69, 9.17) is 4.74 Å². The van der Waals surface area contributed by atoms with Crippen molar-refractivity contribution in [2.24, 2.45) is 0 Å². The van der Waals surface area contributed by atoms with Gasteiger partial charge in [0.05, 0.1) is 0 Å². The van der Waals surface area contributed by atoms with E-state index in [1.54, 1.807) is 4.90 Å². The highest BCUT2D eigenvalue weighted by atomic mass is 16.6. The number of likely N-dealkylation sites (tertiary alicyclic amines) is 1. The standard InChI is InChI=1S/C11H18N2O3/c1-11(2,3)16-10(15)13-6-7-4-8(13)5-9(14)12-7/h7-8H,4-6H2,1-3H3,(H,12,14)/t7-,8+/m1/s1. The number of fused-ring (bicyclic) bond motifs is 2. The second-order valence-corrected chi connectivity index (χ2v) is 5.49. The summed E-state index contributed by atoms with van der Waals surface area (Å²) in [5, 5.41) is 2.87. The van der Waals surface area contributed by atoms with Gasteiger partial charge in [-0.15, -0.1) is 0 Å². The Morgan fingerprint density at radius 3 is 2.81 bits per heavy atom. The van der Waals surface area contributed by atoms with E-state index in [0.29, 0.717) is 13.0 Å². The number of rotatable bonds is 0. The Morgan fingerprint density at radius 2 is 2.19 bits per heavy atom. The van der Waals surface area contributed by atoms with Gasteiger partial charge in [-0.3, -0.25) is 4.79 Å². The maximum atomic E-state index is 11.9. The Bertz CT molecular complexity index is 322. The average molecular weight is 226 g/mol. The first-order valence-corrected chi connectivity index (χ1v) is 5.64. The molecule has 2 aliphatic heterocycles. The number of nitrogens with zero attached hydrogens (tertiary/aromatic N) is 1. The summed E-state index contributed by atoms with van der Waals surface area (Å²) in [6.45, 7) is 6.11. The summed E-state index contributed by atoms with van der Waals surface area (Å²) < 4.78 is 5.31. The van der Waals surface area contributed by atoms with Gasteiger partial charge in [-0.25, -0.2) is 4.79 Å². The molecule has 0 unspecified atom stereocenters. The molecule has 2 bridgehead atoms. The maximum Gasteiger partial charge on any atom is 0.410 e. The van der Waals surface area contributed by atoms with Gasteiger partial charge in [0.15, 0.2) is 0 Å². The molecular weight excluding hydrogens is 208 g/mol. The predicted molar refractivity (Wildman–Crippen MR) is 57.9 cm³/mol. The molecule has 0 aromatic carbocycles. The van der Waals surface area contributed by atoms with Gasteiger partial charge in [0, 0.05) is 25.0 Å². The predicted octanol–water partition coefficient (Wildman–Crippen LogP) is 0.884. The smallest absolute Gasteiger partial charge is 0.410 e. The summed E-state index contributed by atoms with van der Waals surface area (Å²) in [6.07, 6.45) is 0.942. The number of ether oxygens (including phenoxy) is 1. The fraction of sp³-hybridized carbons (Fsp3) is 0.818. The molecule has 0 aliphatic carbocycles. The van der Waals surface area contributed by atoms with Crippen LogP contribution in [0.25, 0.3) is 0 Å². The Morgan fingerprint density at radius 1 is 1.50 bits per heavy atom. The maximum absolute atomic E-state index is 11.9. The summed E-state index contributed by atoms with van der Waals surface area (Å²) in [4.78, 5) is 24.8. The molecular formula is C11H18N2O3. The number of carbonyl (C=O) groups excluding carboxylic acids is 2. The van der Waals surface area contributed by atoms with Crippen molar-refractivity contribution in [2.45, 2.75) is 51.3 Å². The molecule has 2 heterocycles. The second-order valence-electron chi connectivity index (χ2n) is 5.49. The van der Waals surface area contributed by atoms with Crippen LogP contribution in [0.4, 0.5) is 4.79 Å². The highest BCUT2D eigenvalue weighted by Gasteiger charge is 2.42. The molecule has 2 fully saturated rings. The Balaban J connectivity index is 2.01. The fourth-order valence-corrected chi connectivity index (χ4v) is 2.26. The van der Waals surface area contributed by atoms with E-state index in [1.807, 2.05) is 20.8 Å². The van der Waals surface area contributed by atoms with Crippen molar-refractivity contribution in [3.05, 3.63) is 0 Å². The summed E-state index contributed by atoms with van der Waals surface area (Å²) in [6, 6.07) is 0.132. The molecule has 0 aromatic rings. The van der Waals surface area contributed by atoms with E-state index in [9.17, 15) is 9.59 Å². The van der Waals surface area contributed by atoms with Gasteiger partial charge in [-0.2, -0.15) is 0 Å². The topological polar surface area (TPSA) is 58.6 Å². The number of piperidine rings is 1. The lowest BCUT2D eigenvalue weighted by Gasteiger charge is -2.27. The minimum atomic E-state index is -0.481. The molecule has 2 aliphatic rings. The molecule has 16 heavy (non-hydrogen) atoms. The van der Waals surface area contributed by atoms with Crippen molar-refractivity contribution >= 4 is 12.0 Å². The molecule has 0 radical (unpaired) electrons. The quantitative estimate of drug-likeness (QED) is 0.667. The summed E-state index contributed by atoms with van der Waals surface area (Å²) in [7, 11) is 0. The van der Waals surface area contributed by atoms with Gasteiger partial charge in [-0.05, 0) is 27.2 Å². The van der Waals surface area contributed by atoms with Crippen LogP contribution in [0, 0.1) is 0 Å². The fourth-order valence-electron chi connectivity index (χ4n) is 2.26. The van der Waals surface area contributed by atoms with Gasteiger partial charge in [0.2, 0.25) is 5.91 Å². The van der Waals surface area contributed by atoms with Gasteiger partial charge >= 0.3 is 6.09 Å². The van der Waals surface area contributed by atoms with Gasteiger partial charge in [0.25, 0.3) is 0 Å². The van der Waals surface area contributed by atoms with Crippen LogP contribution in [0.1, 0.15) is 33.6 Å². The van der Waals surface area contributed by atoms with Crippen molar-refractivity contribution in [3.8, 4) is 0 Å². The first kappa shape index (κ1) is 11.2. The van der Waals surface area contributed by atoms with Gasteiger partial charge in [-0.1, -0.05) is 0 Å². The third-order valence-electron chi connectivity index (χ3n) is 2.83. The molecule has 2 amide bonds. The number of nitrogens with one attached hydrogen (secondary N) is 1. The minimum Gasteiger partial charge on any atom is -0.444 e. The van der Waals surface area contributed by atoms with Crippen LogP contribution >= 0.6 is 0 Å². The van der Waals surface area contributed by atoms with Gasteiger partial charge < -0.3 is 15.0 Å². The molecule has 90 valence electrons. The van der Waals surface area contributed by atoms with Crippen molar-refractivity contribution < 1.29 is 14.3 Å². The van der Waals surface area contributed by atoms with E-state index in [0.717, 1.165) is 6.42 Å². The number of carbonyl (C=O) groups is 2. The van der Waals surface area contributed by atoms with Crippen LogP contribution in [0.5, 0.6) is 0 Å². The zero-order valence-electron chi connectivity index (χ0n) is 9.95. The SMILES string of the molecule is CC(C)(C)OC(=O)N1C[C@H]2C[C@H]1CC(=O)N2. The number of amides is 2. The van der Waals surface area contributed by atoms with Crippen LogP contribution in [0.3, 0.4) is 0 Å². The van der Waals surface area contributed by atoms with Crippen LogP contribution in [-0.4, -0.2) is 41.1 Å². The molecule has 2 saturated heterocycles. The van der Waals surface area contributed by atoms with Crippen LogP contribution < -0.4 is 5.32 Å². The molecule has 5 heteroatoms. The Hall–Kier alpha value is -1.26. The van der Waals surface area contributed by atoms with E-state index in [-0.39, 0.29) is 24.1 Å². The molecule has 1 N–H and O–H groups in total. The van der Waals surface area contributed by atoms with Crippen molar-refractivity contribution in [3.63, 3.8) is 0 Å². The first-order valence-electron chi connectivity index (χ1n) is 5.64. The average Bonchev–Trinajstić information content (AvgIpc) is 2.38. The molecule has 5 nitrogen and oxygen atoms in total. The van der Waals surface area contributed by atoms with E-state index < -0.39 is 5.60 Å². The monoisotopic (exact) mass is 226 g/mol. The number of hydrogen-bond acceptors (Lipinski definition) is 3. The molecule has 0 spiro atoms. The lowest BCUT2D eigenvalue weighted by Crippen LogP contribution is -2.41. The van der Waals surface area contributed by atoms with E-state index in [2.05, 4.69) is 5.32 Å². The molecule has 2 atom stereocenters. The van der Waals surface area contributed by atoms with Crippen molar-refractivity contribution in [1.82, 2.24) is 10.2 Å². The molecule has 2 rings (SSSR count). The Kier molecular flexibility index (Phi) is 2.56. The summed E-state index contributed by atoms with van der Waals surface area (Å²) in [5.41, 5.74) is -0.481. The largest absolute Gasteiger partial charge is 0.444 e. The minimum absolute atomic E-state index is 0.0219. The van der Waals surface area contributed by atoms with Crippen LogP contribution in [-0.2, 0) is 9.53 Å². The second kappa shape index (κ2) is 3.64. The van der Waals surface area contributed by atoms with E-state index >= 15 is 0 Å². The summed E-state index contributed by atoms with van der Waals surface area (Å²) >= 11 is 0. The number of hydrogen-bond donors (Lipinski definition) is 1. The Labute approximate surface area is 95.1 Å². The highest BCUT2D eigenvalue weighted by Crippen LogP contribution is 2.26. The van der Waals surface area contributed by atoms with Crippen molar-refractivity contribution in [1.29, 1.82) is 0 Å². The molecule has 0 aromatic heterocycles. The van der Waals surface area contributed by atoms with Crippen LogP contribution in [0.15, 0.2) is 0 Å². The highest BCUT2D eigenvalue weighted by molar-refractivity contribution is 5.80. The van der Waals surface area contributed by atoms with Crippen molar-refractivity contribution in [2.75, 3.05) is 6.54 Å².